The summed E-state index contributed by atoms with van der Waals surface area (Å²) in [6, 6.07) is 0. The van der Waals surface area contributed by atoms with Crippen LogP contribution in [0.25, 0.3) is 0 Å². The van der Waals surface area contributed by atoms with Crippen LogP contribution in [-0.2, 0) is 45.4 Å². The van der Waals surface area contributed by atoms with Gasteiger partial charge in [-0.25, -0.2) is 0 Å². The monoisotopic (exact) mass is 350 g/mol. The molecule has 0 saturated heterocycles. The van der Waals surface area contributed by atoms with E-state index in [1.165, 1.54) is 0 Å². The fourth-order valence-corrected chi connectivity index (χ4v) is 1.35. The van der Waals surface area contributed by atoms with Crippen molar-refractivity contribution in [1.82, 2.24) is 0 Å². The molecule has 2 N–H and O–H groups in total. The van der Waals surface area contributed by atoms with Crippen LogP contribution in [-0.4, -0.2) is 40.1 Å². The van der Waals surface area contributed by atoms with E-state index in [0.29, 0.717) is 6.61 Å². The van der Waals surface area contributed by atoms with Crippen molar-refractivity contribution in [3.8, 4) is 0 Å². The quantitative estimate of drug-likeness (QED) is 0.678. The topological polar surface area (TPSA) is 109 Å². The molecule has 108 valence electrons. The molecule has 0 spiro atoms. The van der Waals surface area contributed by atoms with Crippen molar-refractivity contribution in [3.63, 3.8) is 0 Å². The van der Waals surface area contributed by atoms with Crippen LogP contribution < -0.4 is 0 Å². The predicted octanol–water partition coefficient (Wildman–Crippen LogP) is 0.601. The molecule has 0 radical (unpaired) electrons. The van der Waals surface area contributed by atoms with E-state index in [2.05, 4.69) is 6.92 Å². The van der Waals surface area contributed by atoms with Gasteiger partial charge in [-0.15, -0.1) is 0 Å². The standard InChI is InChI=1S/C8H10O5.C4H10O.Zr/c1-4(9)8(5(2)10,6(3)11)7(12)13;1-2-3-4-5;/h1-3H3,(H,12,13);5H,2-4H2,1H3;. The van der Waals surface area contributed by atoms with Crippen molar-refractivity contribution in [2.24, 2.45) is 5.41 Å². The molecular formula is C12H20O6Zr. The molecule has 7 heteroatoms. The molecule has 0 aliphatic heterocycles. The molecule has 0 rings (SSSR count). The summed E-state index contributed by atoms with van der Waals surface area (Å²) in [7, 11) is 0. The summed E-state index contributed by atoms with van der Waals surface area (Å²) < 4.78 is 0. The minimum absolute atomic E-state index is 0. The van der Waals surface area contributed by atoms with Gasteiger partial charge in [-0.1, -0.05) is 13.3 Å². The van der Waals surface area contributed by atoms with Crippen molar-refractivity contribution in [2.45, 2.75) is 40.5 Å². The fourth-order valence-electron chi connectivity index (χ4n) is 1.35. The third-order valence-electron chi connectivity index (χ3n) is 2.42. The molecule has 0 saturated carbocycles. The largest absolute Gasteiger partial charge is 0.480 e. The second-order valence-corrected chi connectivity index (χ2v) is 3.80. The van der Waals surface area contributed by atoms with Crippen molar-refractivity contribution in [1.29, 1.82) is 0 Å². The van der Waals surface area contributed by atoms with Gasteiger partial charge in [-0.3, -0.25) is 19.2 Å². The van der Waals surface area contributed by atoms with E-state index in [0.717, 1.165) is 33.6 Å². The Morgan fingerprint density at radius 3 is 1.26 bits per heavy atom. The van der Waals surface area contributed by atoms with Crippen LogP contribution in [0.1, 0.15) is 40.5 Å². The Balaban J connectivity index is -0.000000366. The minimum atomic E-state index is -2.50. The first-order valence-corrected chi connectivity index (χ1v) is 5.56. The number of aliphatic carboxylic acids is 1. The Labute approximate surface area is 131 Å². The average Bonchev–Trinajstić information content (AvgIpc) is 2.17. The maximum atomic E-state index is 11.0. The number of rotatable bonds is 6. The number of hydrogen-bond acceptors (Lipinski definition) is 5. The number of Topliss-reactive ketones (excluding diaryl/α,β-unsaturated/α-hetero) is 3. The van der Waals surface area contributed by atoms with E-state index < -0.39 is 28.7 Å². The number of carbonyl (C=O) groups is 4. The summed E-state index contributed by atoms with van der Waals surface area (Å²) in [4.78, 5) is 43.6. The molecule has 19 heavy (non-hydrogen) atoms. The number of hydrogen-bond donors (Lipinski definition) is 2. The summed E-state index contributed by atoms with van der Waals surface area (Å²) >= 11 is 0. The second kappa shape index (κ2) is 11.2. The molecule has 0 fully saturated rings. The number of aliphatic hydroxyl groups is 1. The van der Waals surface area contributed by atoms with Crippen LogP contribution in [0.2, 0.25) is 0 Å². The third kappa shape index (κ3) is 6.34. The fraction of sp³-hybridized carbons (Fsp3) is 0.667. The van der Waals surface area contributed by atoms with Gasteiger partial charge >= 0.3 is 5.97 Å². The molecule has 0 bridgehead atoms. The first-order valence-electron chi connectivity index (χ1n) is 5.56. The zero-order valence-electron chi connectivity index (χ0n) is 11.6. The van der Waals surface area contributed by atoms with Gasteiger partial charge in [-0.2, -0.15) is 0 Å². The summed E-state index contributed by atoms with van der Waals surface area (Å²) in [5.41, 5.74) is -2.50. The zero-order valence-corrected chi connectivity index (χ0v) is 14.1. The zero-order chi connectivity index (χ0) is 14.9. The van der Waals surface area contributed by atoms with Gasteiger partial charge in [0.15, 0.2) is 17.3 Å². The summed E-state index contributed by atoms with van der Waals surface area (Å²) in [5, 5.41) is 16.7. The van der Waals surface area contributed by atoms with Gasteiger partial charge in [0.2, 0.25) is 5.41 Å². The molecule has 0 heterocycles. The van der Waals surface area contributed by atoms with E-state index in [-0.39, 0.29) is 26.2 Å². The average molecular weight is 352 g/mol. The molecule has 0 aliphatic rings. The Morgan fingerprint density at radius 2 is 1.26 bits per heavy atom. The van der Waals surface area contributed by atoms with Crippen LogP contribution in [0.3, 0.4) is 0 Å². The number of carboxylic acid groups (broad SMARTS) is 1. The van der Waals surface area contributed by atoms with E-state index in [4.69, 9.17) is 10.2 Å². The van der Waals surface area contributed by atoms with Crippen LogP contribution in [0.4, 0.5) is 0 Å². The maximum absolute atomic E-state index is 11.0. The normalized spacial score (nSPS) is 9.53. The number of ketones is 3. The summed E-state index contributed by atoms with van der Waals surface area (Å²) in [6.45, 7) is 5.14. The van der Waals surface area contributed by atoms with Crippen molar-refractivity contribution >= 4 is 23.3 Å². The minimum Gasteiger partial charge on any atom is -0.480 e. The molecule has 0 amide bonds. The Bertz CT molecular complexity index is 274. The molecule has 0 aromatic rings. The van der Waals surface area contributed by atoms with E-state index >= 15 is 0 Å². The molecular weight excluding hydrogens is 331 g/mol. The van der Waals surface area contributed by atoms with Gasteiger partial charge in [0.05, 0.1) is 0 Å². The van der Waals surface area contributed by atoms with E-state index in [9.17, 15) is 19.2 Å². The first-order chi connectivity index (χ1) is 8.19. The molecule has 0 unspecified atom stereocenters. The number of unbranched alkanes of at least 4 members (excludes halogenated alkanes) is 1. The van der Waals surface area contributed by atoms with Crippen LogP contribution in [0, 0.1) is 5.41 Å². The molecule has 0 aliphatic carbocycles. The smallest absolute Gasteiger partial charge is 0.332 e. The van der Waals surface area contributed by atoms with E-state index in [1.807, 2.05) is 0 Å². The summed E-state index contributed by atoms with van der Waals surface area (Å²) in [6.07, 6.45) is 2.04. The van der Waals surface area contributed by atoms with Gasteiger partial charge in [0.25, 0.3) is 0 Å². The Kier molecular flexibility index (Phi) is 13.8. The van der Waals surface area contributed by atoms with Gasteiger partial charge in [-0.05, 0) is 27.2 Å². The summed E-state index contributed by atoms with van der Waals surface area (Å²) in [5.74, 6) is -4.58. The number of aliphatic hydroxyl groups excluding tert-OH is 1. The first kappa shape index (κ1) is 23.4. The van der Waals surface area contributed by atoms with Gasteiger partial charge in [0.1, 0.15) is 0 Å². The van der Waals surface area contributed by atoms with Crippen LogP contribution in [0.5, 0.6) is 0 Å². The van der Waals surface area contributed by atoms with Gasteiger partial charge < -0.3 is 10.2 Å². The van der Waals surface area contributed by atoms with Crippen molar-refractivity contribution < 1.29 is 55.6 Å². The number of carboxylic acids is 1. The predicted molar refractivity (Wildman–Crippen MR) is 64.1 cm³/mol. The van der Waals surface area contributed by atoms with Crippen molar-refractivity contribution in [3.05, 3.63) is 0 Å². The molecule has 6 nitrogen and oxygen atoms in total. The van der Waals surface area contributed by atoms with Gasteiger partial charge in [0, 0.05) is 32.8 Å². The Hall–Kier alpha value is -0.677. The van der Waals surface area contributed by atoms with E-state index in [1.54, 1.807) is 0 Å². The molecule has 0 atom stereocenters. The molecule has 0 aromatic carbocycles. The van der Waals surface area contributed by atoms with Crippen LogP contribution in [0.15, 0.2) is 0 Å². The second-order valence-electron chi connectivity index (χ2n) is 3.80. The third-order valence-corrected chi connectivity index (χ3v) is 2.42. The Morgan fingerprint density at radius 1 is 0.947 bits per heavy atom. The number of carbonyl (C=O) groups excluding carboxylic acids is 3. The SMILES string of the molecule is CC(=O)C(C(C)=O)(C(C)=O)C(=O)O.CCCCO.[Zr]. The van der Waals surface area contributed by atoms with Crippen molar-refractivity contribution in [2.75, 3.05) is 6.61 Å². The maximum Gasteiger partial charge on any atom is 0.332 e. The van der Waals surface area contributed by atoms with Crippen LogP contribution >= 0.6 is 0 Å². The molecule has 0 aromatic heterocycles.